The molecule has 1 heterocycles. The van der Waals surface area contributed by atoms with Crippen LogP contribution in [0.2, 0.25) is 0 Å². The van der Waals surface area contributed by atoms with Gasteiger partial charge in [-0.15, -0.1) is 0 Å². The van der Waals surface area contributed by atoms with Crippen LogP contribution in [0.4, 0.5) is 0 Å². The number of hydrogen-bond donors (Lipinski definition) is 1. The normalized spacial score (nSPS) is 27.1. The van der Waals surface area contributed by atoms with E-state index in [1.54, 1.807) is 0 Å². The van der Waals surface area contributed by atoms with Gasteiger partial charge in [-0.05, 0) is 37.3 Å². The number of rotatable bonds is 6. The lowest BCUT2D eigenvalue weighted by molar-refractivity contribution is 0.214. The van der Waals surface area contributed by atoms with Crippen LogP contribution < -0.4 is 5.32 Å². The summed E-state index contributed by atoms with van der Waals surface area (Å²) in [4.78, 5) is 0. The van der Waals surface area contributed by atoms with Gasteiger partial charge in [-0.25, -0.2) is 0 Å². The molecule has 1 aliphatic carbocycles. The van der Waals surface area contributed by atoms with Crippen molar-refractivity contribution in [1.82, 2.24) is 15.1 Å². The molecule has 3 atom stereocenters. The summed E-state index contributed by atoms with van der Waals surface area (Å²) in [5.74, 6) is 2.30. The van der Waals surface area contributed by atoms with Gasteiger partial charge in [0.2, 0.25) is 0 Å². The number of aryl methyl sites for hydroxylation is 1. The van der Waals surface area contributed by atoms with Gasteiger partial charge in [0.15, 0.2) is 0 Å². The summed E-state index contributed by atoms with van der Waals surface area (Å²) >= 11 is 0. The first-order chi connectivity index (χ1) is 9.60. The maximum absolute atomic E-state index is 4.70. The lowest BCUT2D eigenvalue weighted by Gasteiger charge is -2.36. The molecular formula is C17H31N3. The van der Waals surface area contributed by atoms with E-state index in [9.17, 15) is 0 Å². The molecule has 2 rings (SSSR count). The van der Waals surface area contributed by atoms with Crippen molar-refractivity contribution in [3.05, 3.63) is 18.0 Å². The maximum atomic E-state index is 4.70. The lowest BCUT2D eigenvalue weighted by atomic mass is 9.71. The Morgan fingerprint density at radius 2 is 2.20 bits per heavy atom. The molecule has 0 aromatic carbocycles. The Hall–Kier alpha value is -0.830. The van der Waals surface area contributed by atoms with Crippen molar-refractivity contribution < 1.29 is 0 Å². The van der Waals surface area contributed by atoms with Crippen molar-refractivity contribution >= 4 is 0 Å². The van der Waals surface area contributed by atoms with Gasteiger partial charge in [-0.1, -0.05) is 40.0 Å². The summed E-state index contributed by atoms with van der Waals surface area (Å²) in [5, 5.41) is 8.33. The van der Waals surface area contributed by atoms with Crippen LogP contribution in [0.5, 0.6) is 0 Å². The highest BCUT2D eigenvalue weighted by Gasteiger charge is 2.32. The van der Waals surface area contributed by atoms with Crippen molar-refractivity contribution in [2.75, 3.05) is 6.54 Å². The molecule has 3 unspecified atom stereocenters. The average Bonchev–Trinajstić information content (AvgIpc) is 2.84. The summed E-state index contributed by atoms with van der Waals surface area (Å²) in [6.07, 6.45) is 8.87. The molecule has 0 spiro atoms. The largest absolute Gasteiger partial charge is 0.314 e. The topological polar surface area (TPSA) is 29.9 Å². The second kappa shape index (κ2) is 7.26. The lowest BCUT2D eigenvalue weighted by Crippen LogP contribution is -2.35. The molecule has 0 aliphatic heterocycles. The van der Waals surface area contributed by atoms with Gasteiger partial charge in [-0.3, -0.25) is 4.68 Å². The van der Waals surface area contributed by atoms with Gasteiger partial charge in [0.05, 0.1) is 5.69 Å². The summed E-state index contributed by atoms with van der Waals surface area (Å²) in [5.41, 5.74) is 1.31. The Morgan fingerprint density at radius 1 is 1.40 bits per heavy atom. The van der Waals surface area contributed by atoms with Gasteiger partial charge >= 0.3 is 0 Å². The summed E-state index contributed by atoms with van der Waals surface area (Å²) in [7, 11) is 2.03. The zero-order valence-corrected chi connectivity index (χ0v) is 13.6. The summed E-state index contributed by atoms with van der Waals surface area (Å²) < 4.78 is 1.95. The first-order valence-electron chi connectivity index (χ1n) is 8.33. The summed E-state index contributed by atoms with van der Waals surface area (Å²) in [6, 6.07) is 2.80. The van der Waals surface area contributed by atoms with Gasteiger partial charge in [0, 0.05) is 25.2 Å². The van der Waals surface area contributed by atoms with E-state index >= 15 is 0 Å². The van der Waals surface area contributed by atoms with E-state index in [1.165, 1.54) is 37.8 Å². The van der Waals surface area contributed by atoms with E-state index in [4.69, 9.17) is 5.10 Å². The average molecular weight is 277 g/mol. The van der Waals surface area contributed by atoms with Crippen molar-refractivity contribution in [3.8, 4) is 0 Å². The van der Waals surface area contributed by atoms with E-state index in [1.807, 2.05) is 11.7 Å². The monoisotopic (exact) mass is 277 g/mol. The van der Waals surface area contributed by atoms with Crippen molar-refractivity contribution in [3.63, 3.8) is 0 Å². The fourth-order valence-electron chi connectivity index (χ4n) is 3.62. The third-order valence-electron chi connectivity index (χ3n) is 4.70. The molecule has 3 heteroatoms. The van der Waals surface area contributed by atoms with Crippen LogP contribution >= 0.6 is 0 Å². The van der Waals surface area contributed by atoms with Crippen LogP contribution in [-0.4, -0.2) is 22.4 Å². The number of hydrogen-bond acceptors (Lipinski definition) is 2. The Balaban J connectivity index is 2.05. The molecule has 1 aromatic rings. The van der Waals surface area contributed by atoms with Crippen molar-refractivity contribution in [2.45, 2.75) is 64.8 Å². The molecule has 1 fully saturated rings. The zero-order chi connectivity index (χ0) is 14.5. The van der Waals surface area contributed by atoms with Crippen LogP contribution in [0.15, 0.2) is 12.3 Å². The molecule has 1 aromatic heterocycles. The van der Waals surface area contributed by atoms with Crippen molar-refractivity contribution in [2.24, 2.45) is 18.9 Å². The highest BCUT2D eigenvalue weighted by molar-refractivity contribution is 5.10. The van der Waals surface area contributed by atoms with Gasteiger partial charge in [0.25, 0.3) is 0 Å². The maximum Gasteiger partial charge on any atom is 0.0658 e. The minimum atomic E-state index is 0.577. The Morgan fingerprint density at radius 3 is 2.80 bits per heavy atom. The molecule has 0 amide bonds. The molecule has 1 N–H and O–H groups in total. The third-order valence-corrected chi connectivity index (χ3v) is 4.70. The number of aromatic nitrogens is 2. The molecule has 114 valence electrons. The molecule has 0 radical (unpaired) electrons. The van der Waals surface area contributed by atoms with Crippen LogP contribution in [-0.2, 0) is 7.05 Å². The zero-order valence-electron chi connectivity index (χ0n) is 13.6. The molecule has 0 saturated heterocycles. The quantitative estimate of drug-likeness (QED) is 0.859. The number of nitrogens with one attached hydrogen (secondary N) is 1. The smallest absolute Gasteiger partial charge is 0.0658 e. The molecule has 1 saturated carbocycles. The second-order valence-electron chi connectivity index (χ2n) is 6.81. The molecule has 0 bridgehead atoms. The highest BCUT2D eigenvalue weighted by atomic mass is 15.2. The first-order valence-corrected chi connectivity index (χ1v) is 8.33. The predicted molar refractivity (Wildman–Crippen MR) is 84.8 cm³/mol. The number of nitrogens with zero attached hydrogens (tertiary/aromatic N) is 2. The van der Waals surface area contributed by atoms with E-state index in [2.05, 4.69) is 38.4 Å². The Kier molecular flexibility index (Phi) is 5.64. The van der Waals surface area contributed by atoms with E-state index < -0.39 is 0 Å². The van der Waals surface area contributed by atoms with Crippen LogP contribution in [0, 0.1) is 11.8 Å². The summed E-state index contributed by atoms with van der Waals surface area (Å²) in [6.45, 7) is 7.91. The fraction of sp³-hybridized carbons (Fsp3) is 0.824. The molecular weight excluding hydrogens is 246 g/mol. The molecule has 20 heavy (non-hydrogen) atoms. The van der Waals surface area contributed by atoms with Crippen LogP contribution in [0.25, 0.3) is 0 Å². The SMILES string of the molecule is CCCC1CCC(CNC(C)C)C(c2ccn(C)n2)C1. The molecule has 3 nitrogen and oxygen atoms in total. The van der Waals surface area contributed by atoms with E-state index in [0.29, 0.717) is 12.0 Å². The van der Waals surface area contributed by atoms with Gasteiger partial charge in [-0.2, -0.15) is 5.10 Å². The van der Waals surface area contributed by atoms with E-state index in [0.717, 1.165) is 18.4 Å². The standard InChI is InChI=1S/C17H31N3/c1-5-6-14-7-8-15(12-18-13(2)3)16(11-14)17-9-10-20(4)19-17/h9-10,13-16,18H,5-8,11-12H2,1-4H3. The van der Waals surface area contributed by atoms with Crippen LogP contribution in [0.1, 0.15) is 64.5 Å². The molecule has 1 aliphatic rings. The first kappa shape index (κ1) is 15.6. The second-order valence-corrected chi connectivity index (χ2v) is 6.81. The fourth-order valence-corrected chi connectivity index (χ4v) is 3.62. The Labute approximate surface area is 124 Å². The van der Waals surface area contributed by atoms with Gasteiger partial charge < -0.3 is 5.32 Å². The third kappa shape index (κ3) is 4.08. The minimum absolute atomic E-state index is 0.577. The highest BCUT2D eigenvalue weighted by Crippen LogP contribution is 2.41. The minimum Gasteiger partial charge on any atom is -0.314 e. The van der Waals surface area contributed by atoms with Crippen molar-refractivity contribution in [1.29, 1.82) is 0 Å². The predicted octanol–water partition coefficient (Wildman–Crippen LogP) is 3.72. The van der Waals surface area contributed by atoms with Crippen LogP contribution in [0.3, 0.4) is 0 Å². The van der Waals surface area contributed by atoms with Gasteiger partial charge in [0.1, 0.15) is 0 Å². The Bertz CT molecular complexity index is 397. The van der Waals surface area contributed by atoms with E-state index in [-0.39, 0.29) is 0 Å².